The fourth-order valence-corrected chi connectivity index (χ4v) is 2.36. The summed E-state index contributed by atoms with van der Waals surface area (Å²) in [5, 5.41) is 2.84. The van der Waals surface area contributed by atoms with Crippen LogP contribution >= 0.6 is 0 Å². The summed E-state index contributed by atoms with van der Waals surface area (Å²) in [4.78, 5) is 12.1. The van der Waals surface area contributed by atoms with E-state index in [1.54, 1.807) is 0 Å². The molecule has 1 unspecified atom stereocenters. The van der Waals surface area contributed by atoms with Crippen LogP contribution in [0.2, 0.25) is 0 Å². The summed E-state index contributed by atoms with van der Waals surface area (Å²) < 4.78 is 11.4. The molecule has 4 heteroatoms. The van der Waals surface area contributed by atoms with Gasteiger partial charge in [0.15, 0.2) is 6.61 Å². The van der Waals surface area contributed by atoms with Crippen LogP contribution in [-0.2, 0) is 4.79 Å². The number of benzene rings is 2. The Kier molecular flexibility index (Phi) is 6.87. The molecule has 134 valence electrons. The van der Waals surface area contributed by atoms with Gasteiger partial charge in [-0.2, -0.15) is 0 Å². The van der Waals surface area contributed by atoms with Gasteiger partial charge >= 0.3 is 0 Å². The monoisotopic (exact) mass is 341 g/mol. The molecule has 0 radical (unpaired) electrons. The number of carbonyl (C=O) groups excluding carboxylic acids is 1. The molecule has 0 saturated heterocycles. The average Bonchev–Trinajstić information content (AvgIpc) is 2.61. The standard InChI is InChI=1S/C21H27NO3/c1-5-16(4)25-18-12-10-17(11-13-18)22-21(23)14-24-20-9-7-6-8-19(20)15(2)3/h6-13,15-16H,5,14H2,1-4H3,(H,22,23). The zero-order valence-electron chi connectivity index (χ0n) is 15.4. The van der Waals surface area contributed by atoms with Crippen LogP contribution in [0.1, 0.15) is 45.6 Å². The second kappa shape index (κ2) is 9.11. The Morgan fingerprint density at radius 1 is 1.04 bits per heavy atom. The maximum atomic E-state index is 12.1. The van der Waals surface area contributed by atoms with Gasteiger partial charge in [0.1, 0.15) is 11.5 Å². The second-order valence-corrected chi connectivity index (χ2v) is 6.39. The highest BCUT2D eigenvalue weighted by Gasteiger charge is 2.09. The molecule has 2 aromatic rings. The Morgan fingerprint density at radius 2 is 1.72 bits per heavy atom. The van der Waals surface area contributed by atoms with Crippen LogP contribution in [0.15, 0.2) is 48.5 Å². The van der Waals surface area contributed by atoms with Gasteiger partial charge in [-0.05, 0) is 55.2 Å². The quantitative estimate of drug-likeness (QED) is 0.734. The van der Waals surface area contributed by atoms with Crippen molar-refractivity contribution in [3.8, 4) is 11.5 Å². The van der Waals surface area contributed by atoms with Crippen LogP contribution in [0.5, 0.6) is 11.5 Å². The number of hydrogen-bond donors (Lipinski definition) is 1. The summed E-state index contributed by atoms with van der Waals surface area (Å²) in [6.45, 7) is 8.30. The third-order valence-electron chi connectivity index (χ3n) is 3.95. The van der Waals surface area contributed by atoms with Crippen molar-refractivity contribution in [2.75, 3.05) is 11.9 Å². The second-order valence-electron chi connectivity index (χ2n) is 6.39. The van der Waals surface area contributed by atoms with E-state index in [-0.39, 0.29) is 18.6 Å². The van der Waals surface area contributed by atoms with Crippen LogP contribution in [0.4, 0.5) is 5.69 Å². The molecule has 0 heterocycles. The minimum atomic E-state index is -0.186. The first-order valence-electron chi connectivity index (χ1n) is 8.78. The Morgan fingerprint density at radius 3 is 2.36 bits per heavy atom. The number of amides is 1. The Labute approximate surface area is 150 Å². The molecule has 2 rings (SSSR count). The molecule has 1 atom stereocenters. The molecule has 4 nitrogen and oxygen atoms in total. The molecule has 2 aromatic carbocycles. The van der Waals surface area contributed by atoms with Gasteiger partial charge in [-0.25, -0.2) is 0 Å². The fraction of sp³-hybridized carbons (Fsp3) is 0.381. The lowest BCUT2D eigenvalue weighted by Gasteiger charge is -2.14. The normalized spacial score (nSPS) is 11.9. The maximum absolute atomic E-state index is 12.1. The molecule has 1 amide bonds. The minimum absolute atomic E-state index is 0.0190. The van der Waals surface area contributed by atoms with Gasteiger partial charge in [0.2, 0.25) is 0 Å². The smallest absolute Gasteiger partial charge is 0.262 e. The molecule has 0 aromatic heterocycles. The van der Waals surface area contributed by atoms with E-state index in [0.717, 1.165) is 29.2 Å². The van der Waals surface area contributed by atoms with E-state index in [2.05, 4.69) is 26.1 Å². The Hall–Kier alpha value is -2.49. The van der Waals surface area contributed by atoms with Crippen molar-refractivity contribution in [1.82, 2.24) is 0 Å². The molecule has 0 saturated carbocycles. The van der Waals surface area contributed by atoms with Crippen molar-refractivity contribution in [1.29, 1.82) is 0 Å². The van der Waals surface area contributed by atoms with Gasteiger partial charge in [0, 0.05) is 5.69 Å². The molecule has 0 aliphatic carbocycles. The molecule has 1 N–H and O–H groups in total. The summed E-state index contributed by atoms with van der Waals surface area (Å²) in [5.74, 6) is 1.71. The van der Waals surface area contributed by atoms with Crippen LogP contribution < -0.4 is 14.8 Å². The van der Waals surface area contributed by atoms with Gasteiger partial charge in [0.25, 0.3) is 5.91 Å². The van der Waals surface area contributed by atoms with Crippen LogP contribution in [0.25, 0.3) is 0 Å². The first-order chi connectivity index (χ1) is 12.0. The molecule has 0 spiro atoms. The minimum Gasteiger partial charge on any atom is -0.491 e. The number of para-hydroxylation sites is 1. The van der Waals surface area contributed by atoms with Crippen LogP contribution in [0, 0.1) is 0 Å². The van der Waals surface area contributed by atoms with Gasteiger partial charge in [0.05, 0.1) is 6.10 Å². The number of anilines is 1. The van der Waals surface area contributed by atoms with E-state index in [1.807, 2.05) is 55.5 Å². The fourth-order valence-electron chi connectivity index (χ4n) is 2.36. The van der Waals surface area contributed by atoms with Crippen LogP contribution in [-0.4, -0.2) is 18.6 Å². The molecular weight excluding hydrogens is 314 g/mol. The topological polar surface area (TPSA) is 47.6 Å². The molecular formula is C21H27NO3. The summed E-state index contributed by atoms with van der Waals surface area (Å²) in [6, 6.07) is 15.2. The third-order valence-corrected chi connectivity index (χ3v) is 3.95. The van der Waals surface area contributed by atoms with Crippen molar-refractivity contribution in [3.63, 3.8) is 0 Å². The first-order valence-corrected chi connectivity index (χ1v) is 8.78. The molecule has 0 bridgehead atoms. The van der Waals surface area contributed by atoms with Crippen molar-refractivity contribution in [3.05, 3.63) is 54.1 Å². The highest BCUT2D eigenvalue weighted by Crippen LogP contribution is 2.25. The van der Waals surface area contributed by atoms with Crippen molar-refractivity contribution >= 4 is 11.6 Å². The van der Waals surface area contributed by atoms with E-state index in [0.29, 0.717) is 5.92 Å². The lowest BCUT2D eigenvalue weighted by molar-refractivity contribution is -0.118. The first kappa shape index (κ1) is 18.8. The van der Waals surface area contributed by atoms with E-state index in [4.69, 9.17) is 9.47 Å². The molecule has 25 heavy (non-hydrogen) atoms. The molecule has 0 aliphatic heterocycles. The number of rotatable bonds is 8. The lowest BCUT2D eigenvalue weighted by atomic mass is 10.0. The third kappa shape index (κ3) is 5.82. The maximum Gasteiger partial charge on any atom is 0.262 e. The number of hydrogen-bond acceptors (Lipinski definition) is 3. The summed E-state index contributed by atoms with van der Waals surface area (Å²) in [7, 11) is 0. The number of ether oxygens (including phenoxy) is 2. The van der Waals surface area contributed by atoms with Gasteiger partial charge in [-0.3, -0.25) is 4.79 Å². The molecule has 0 fully saturated rings. The molecule has 0 aliphatic rings. The zero-order valence-corrected chi connectivity index (χ0v) is 15.4. The SMILES string of the molecule is CCC(C)Oc1ccc(NC(=O)COc2ccccc2C(C)C)cc1. The van der Waals surface area contributed by atoms with E-state index < -0.39 is 0 Å². The van der Waals surface area contributed by atoms with E-state index >= 15 is 0 Å². The number of carbonyl (C=O) groups is 1. The summed E-state index contributed by atoms with van der Waals surface area (Å²) >= 11 is 0. The van der Waals surface area contributed by atoms with Gasteiger partial charge in [-0.15, -0.1) is 0 Å². The zero-order chi connectivity index (χ0) is 18.2. The van der Waals surface area contributed by atoms with Crippen molar-refractivity contribution in [2.24, 2.45) is 0 Å². The van der Waals surface area contributed by atoms with Crippen LogP contribution in [0.3, 0.4) is 0 Å². The highest BCUT2D eigenvalue weighted by atomic mass is 16.5. The van der Waals surface area contributed by atoms with Crippen molar-refractivity contribution < 1.29 is 14.3 Å². The highest BCUT2D eigenvalue weighted by molar-refractivity contribution is 5.91. The largest absolute Gasteiger partial charge is 0.491 e. The van der Waals surface area contributed by atoms with Gasteiger partial charge < -0.3 is 14.8 Å². The lowest BCUT2D eigenvalue weighted by Crippen LogP contribution is -2.20. The predicted molar refractivity (Wildman–Crippen MR) is 101 cm³/mol. The van der Waals surface area contributed by atoms with Crippen molar-refractivity contribution in [2.45, 2.75) is 46.1 Å². The summed E-state index contributed by atoms with van der Waals surface area (Å²) in [5.41, 5.74) is 1.82. The average molecular weight is 341 g/mol. The van der Waals surface area contributed by atoms with E-state index in [1.165, 1.54) is 0 Å². The Balaban J connectivity index is 1.88. The van der Waals surface area contributed by atoms with Gasteiger partial charge in [-0.1, -0.05) is 39.0 Å². The van der Waals surface area contributed by atoms with E-state index in [9.17, 15) is 4.79 Å². The predicted octanol–water partition coefficient (Wildman–Crippen LogP) is 5.00. The summed E-state index contributed by atoms with van der Waals surface area (Å²) in [6.07, 6.45) is 1.13. The Bertz CT molecular complexity index is 680. The number of nitrogens with one attached hydrogen (secondary N) is 1.